The Labute approximate surface area is 166 Å². The molecule has 0 bridgehead atoms. The van der Waals surface area contributed by atoms with Crippen LogP contribution in [0.3, 0.4) is 0 Å². The highest BCUT2D eigenvalue weighted by Crippen LogP contribution is 2.34. The first kappa shape index (κ1) is 18.5. The van der Waals surface area contributed by atoms with Crippen molar-refractivity contribution in [1.29, 1.82) is 0 Å². The quantitative estimate of drug-likeness (QED) is 0.553. The van der Waals surface area contributed by atoms with Gasteiger partial charge < -0.3 is 4.57 Å². The summed E-state index contributed by atoms with van der Waals surface area (Å²) >= 11 is 0.970. The van der Waals surface area contributed by atoms with Gasteiger partial charge in [0, 0.05) is 34.8 Å². The average Bonchev–Trinajstić information content (AvgIpc) is 3.17. The van der Waals surface area contributed by atoms with E-state index in [4.69, 9.17) is 0 Å². The normalized spacial score (nSPS) is 15.9. The topological polar surface area (TPSA) is 42.3 Å². The van der Waals surface area contributed by atoms with Crippen molar-refractivity contribution in [3.8, 4) is 0 Å². The summed E-state index contributed by atoms with van der Waals surface area (Å²) < 4.78 is 16.1. The van der Waals surface area contributed by atoms with Crippen molar-refractivity contribution in [3.63, 3.8) is 0 Å². The Morgan fingerprint density at radius 3 is 2.61 bits per heavy atom. The van der Waals surface area contributed by atoms with Crippen molar-refractivity contribution in [2.45, 2.75) is 19.9 Å². The van der Waals surface area contributed by atoms with E-state index < -0.39 is 0 Å². The molecule has 0 atom stereocenters. The number of thioether (sulfide) groups is 1. The molecular formula is C22H19FN2O2S. The smallest absolute Gasteiger partial charge is 0.293 e. The van der Waals surface area contributed by atoms with Crippen LogP contribution in [0.4, 0.5) is 9.18 Å². The monoisotopic (exact) mass is 394 g/mol. The van der Waals surface area contributed by atoms with Crippen LogP contribution in [0.5, 0.6) is 0 Å². The molecular weight excluding hydrogens is 375 g/mol. The number of carbonyl (C=O) groups is 2. The Morgan fingerprint density at radius 2 is 1.82 bits per heavy atom. The SMILES string of the molecule is CCCN1C(=O)S/C(=C/c2cn(Cc3ccccc3F)c3ccccc23)C1=O. The summed E-state index contributed by atoms with van der Waals surface area (Å²) in [6.45, 7) is 2.75. The third-order valence-electron chi connectivity index (χ3n) is 4.73. The molecule has 1 fully saturated rings. The zero-order valence-corrected chi connectivity index (χ0v) is 16.2. The predicted octanol–water partition coefficient (Wildman–Crippen LogP) is 5.28. The van der Waals surface area contributed by atoms with Crippen LogP contribution in [-0.2, 0) is 11.3 Å². The van der Waals surface area contributed by atoms with Crippen LogP contribution >= 0.6 is 11.8 Å². The second kappa shape index (κ2) is 7.64. The molecule has 0 aliphatic carbocycles. The number of carbonyl (C=O) groups excluding carboxylic acids is 2. The molecule has 6 heteroatoms. The van der Waals surface area contributed by atoms with Gasteiger partial charge in [-0.1, -0.05) is 43.3 Å². The van der Waals surface area contributed by atoms with E-state index in [1.165, 1.54) is 11.0 Å². The van der Waals surface area contributed by atoms with E-state index in [0.29, 0.717) is 23.6 Å². The summed E-state index contributed by atoms with van der Waals surface area (Å²) in [5.41, 5.74) is 2.39. The molecule has 1 aliphatic heterocycles. The van der Waals surface area contributed by atoms with E-state index in [1.807, 2.05) is 48.0 Å². The molecule has 2 heterocycles. The molecule has 1 aromatic heterocycles. The minimum Gasteiger partial charge on any atom is -0.342 e. The number of fused-ring (bicyclic) bond motifs is 1. The van der Waals surface area contributed by atoms with Crippen LogP contribution in [0.15, 0.2) is 59.6 Å². The van der Waals surface area contributed by atoms with Gasteiger partial charge >= 0.3 is 0 Å². The van der Waals surface area contributed by atoms with Gasteiger partial charge in [-0.3, -0.25) is 14.5 Å². The number of halogens is 1. The first-order valence-corrected chi connectivity index (χ1v) is 9.96. The van der Waals surface area contributed by atoms with Gasteiger partial charge in [-0.05, 0) is 36.4 Å². The molecule has 0 saturated carbocycles. The minimum absolute atomic E-state index is 0.229. The van der Waals surface area contributed by atoms with E-state index in [-0.39, 0.29) is 17.0 Å². The number of benzene rings is 2. The van der Waals surface area contributed by atoms with E-state index in [9.17, 15) is 14.0 Å². The van der Waals surface area contributed by atoms with Crippen LogP contribution in [0.2, 0.25) is 0 Å². The lowest BCUT2D eigenvalue weighted by molar-refractivity contribution is -0.122. The van der Waals surface area contributed by atoms with Crippen LogP contribution in [-0.4, -0.2) is 27.2 Å². The highest BCUT2D eigenvalue weighted by atomic mass is 32.2. The van der Waals surface area contributed by atoms with E-state index in [2.05, 4.69) is 0 Å². The summed E-state index contributed by atoms with van der Waals surface area (Å²) in [5, 5.41) is 0.731. The largest absolute Gasteiger partial charge is 0.342 e. The Hall–Kier alpha value is -2.86. The lowest BCUT2D eigenvalue weighted by atomic mass is 10.1. The van der Waals surface area contributed by atoms with Crippen molar-refractivity contribution in [2.75, 3.05) is 6.54 Å². The second-order valence-corrected chi connectivity index (χ2v) is 7.65. The summed E-state index contributed by atoms with van der Waals surface area (Å²) in [5.74, 6) is -0.495. The highest BCUT2D eigenvalue weighted by Gasteiger charge is 2.34. The number of nitrogens with zero attached hydrogens (tertiary/aromatic N) is 2. The van der Waals surface area contributed by atoms with Crippen LogP contribution in [0, 0.1) is 5.82 Å². The Balaban J connectivity index is 1.74. The summed E-state index contributed by atoms with van der Waals surface area (Å²) in [6.07, 6.45) is 4.40. The molecule has 0 radical (unpaired) electrons. The zero-order chi connectivity index (χ0) is 19.7. The number of imide groups is 1. The molecule has 3 aromatic rings. The van der Waals surface area contributed by atoms with Crippen molar-refractivity contribution in [3.05, 3.63) is 76.6 Å². The molecule has 4 rings (SSSR count). The summed E-state index contributed by atoms with van der Waals surface area (Å²) in [7, 11) is 0. The molecule has 0 unspecified atom stereocenters. The minimum atomic E-state index is -0.248. The Kier molecular flexibility index (Phi) is 5.05. The van der Waals surface area contributed by atoms with Gasteiger partial charge in [-0.2, -0.15) is 0 Å². The summed E-state index contributed by atoms with van der Waals surface area (Å²) in [6, 6.07) is 14.5. The number of aromatic nitrogens is 1. The number of amides is 2. The van der Waals surface area contributed by atoms with Gasteiger partial charge in [0.25, 0.3) is 11.1 Å². The standard InChI is InChI=1S/C22H19FN2O2S/c1-2-11-25-21(26)20(28-22(25)27)12-16-14-24(19-10-6-4-8-17(16)19)13-15-7-3-5-9-18(15)23/h3-10,12,14H,2,11,13H2,1H3/b20-12+. The molecule has 0 N–H and O–H groups in total. The van der Waals surface area contributed by atoms with Crippen LogP contribution in [0.1, 0.15) is 24.5 Å². The first-order chi connectivity index (χ1) is 13.6. The third kappa shape index (κ3) is 3.36. The molecule has 1 saturated heterocycles. The van der Waals surface area contributed by atoms with E-state index >= 15 is 0 Å². The molecule has 1 aliphatic rings. The molecule has 4 nitrogen and oxygen atoms in total. The lowest BCUT2D eigenvalue weighted by Crippen LogP contribution is -2.28. The van der Waals surface area contributed by atoms with E-state index in [1.54, 1.807) is 18.2 Å². The van der Waals surface area contributed by atoms with Gasteiger partial charge in [0.15, 0.2) is 0 Å². The van der Waals surface area contributed by atoms with Gasteiger partial charge in [0.1, 0.15) is 5.82 Å². The first-order valence-electron chi connectivity index (χ1n) is 9.15. The fourth-order valence-corrected chi connectivity index (χ4v) is 4.24. The maximum atomic E-state index is 14.1. The van der Waals surface area contributed by atoms with Crippen molar-refractivity contribution >= 4 is 39.9 Å². The maximum Gasteiger partial charge on any atom is 0.293 e. The predicted molar refractivity (Wildman–Crippen MR) is 110 cm³/mol. The van der Waals surface area contributed by atoms with Gasteiger partial charge in [-0.15, -0.1) is 0 Å². The fourth-order valence-electron chi connectivity index (χ4n) is 3.39. The van der Waals surface area contributed by atoms with Crippen molar-refractivity contribution in [2.24, 2.45) is 0 Å². The van der Waals surface area contributed by atoms with Crippen molar-refractivity contribution < 1.29 is 14.0 Å². The number of rotatable bonds is 5. The average molecular weight is 394 g/mol. The van der Waals surface area contributed by atoms with Crippen molar-refractivity contribution in [1.82, 2.24) is 9.47 Å². The molecule has 28 heavy (non-hydrogen) atoms. The van der Waals surface area contributed by atoms with Gasteiger partial charge in [-0.25, -0.2) is 4.39 Å². The third-order valence-corrected chi connectivity index (χ3v) is 5.63. The second-order valence-electron chi connectivity index (χ2n) is 6.65. The Morgan fingerprint density at radius 1 is 1.07 bits per heavy atom. The van der Waals surface area contributed by atoms with Crippen LogP contribution in [0.25, 0.3) is 17.0 Å². The number of hydrogen-bond donors (Lipinski definition) is 0. The molecule has 2 aromatic carbocycles. The molecule has 2 amide bonds. The highest BCUT2D eigenvalue weighted by molar-refractivity contribution is 8.18. The molecule has 0 spiro atoms. The molecule has 142 valence electrons. The van der Waals surface area contributed by atoms with Gasteiger partial charge in [0.2, 0.25) is 0 Å². The zero-order valence-electron chi connectivity index (χ0n) is 15.4. The Bertz CT molecular complexity index is 1100. The van der Waals surface area contributed by atoms with E-state index in [0.717, 1.165) is 34.6 Å². The maximum absolute atomic E-state index is 14.1. The number of para-hydroxylation sites is 1. The lowest BCUT2D eigenvalue weighted by Gasteiger charge is -2.09. The fraction of sp³-hybridized carbons (Fsp3) is 0.182. The van der Waals surface area contributed by atoms with Gasteiger partial charge in [0.05, 0.1) is 11.4 Å². The summed E-state index contributed by atoms with van der Waals surface area (Å²) in [4.78, 5) is 26.4. The van der Waals surface area contributed by atoms with Crippen LogP contribution < -0.4 is 0 Å². The number of hydrogen-bond acceptors (Lipinski definition) is 3.